The lowest BCUT2D eigenvalue weighted by molar-refractivity contribution is -0.132. The van der Waals surface area contributed by atoms with Gasteiger partial charge in [-0.3, -0.25) is 9.69 Å². The number of amides is 1. The smallest absolute Gasteiger partial charge is 0.225 e. The van der Waals surface area contributed by atoms with Gasteiger partial charge in [0.05, 0.1) is 11.2 Å². The molecule has 38 heavy (non-hydrogen) atoms. The Labute approximate surface area is 226 Å². The number of nitrogens with zero attached hydrogens (tertiary/aromatic N) is 5. The lowest BCUT2D eigenvalue weighted by atomic mass is 9.84. The van der Waals surface area contributed by atoms with E-state index < -0.39 is 0 Å². The number of aromatic nitrogens is 2. The molecule has 1 saturated carbocycles. The lowest BCUT2D eigenvalue weighted by Gasteiger charge is -2.44. The van der Waals surface area contributed by atoms with Gasteiger partial charge in [0.15, 0.2) is 0 Å². The van der Waals surface area contributed by atoms with Crippen molar-refractivity contribution in [2.24, 2.45) is 5.92 Å². The SMILES string of the molecule is CCO[C@@]1(c2ccc(-c3cc4c(N5CCN(C(=O)C6CC6)CC5)ccnn4c3)cc2)CCCN(C(C)C)C1. The van der Waals surface area contributed by atoms with Crippen molar-refractivity contribution in [2.75, 3.05) is 50.8 Å². The van der Waals surface area contributed by atoms with Crippen LogP contribution in [0.25, 0.3) is 16.6 Å². The molecule has 1 amide bonds. The number of carbonyl (C=O) groups excluding carboxylic acids is 1. The van der Waals surface area contributed by atoms with Crippen LogP contribution in [0.3, 0.4) is 0 Å². The molecule has 0 unspecified atom stereocenters. The highest BCUT2D eigenvalue weighted by atomic mass is 16.5. The second kappa shape index (κ2) is 10.3. The molecule has 2 aliphatic heterocycles. The van der Waals surface area contributed by atoms with Crippen LogP contribution in [0.5, 0.6) is 0 Å². The average molecular weight is 516 g/mol. The number of piperidine rings is 1. The molecule has 0 spiro atoms. The quantitative estimate of drug-likeness (QED) is 0.453. The summed E-state index contributed by atoms with van der Waals surface area (Å²) in [6.07, 6.45) is 8.36. The van der Waals surface area contributed by atoms with Gasteiger partial charge in [0, 0.05) is 69.2 Å². The number of ether oxygens (including phenoxy) is 1. The molecule has 3 fully saturated rings. The molecular formula is C31H41N5O2. The first-order valence-electron chi connectivity index (χ1n) is 14.5. The molecule has 2 aromatic heterocycles. The fourth-order valence-corrected chi connectivity index (χ4v) is 6.36. The molecule has 0 N–H and O–H groups in total. The Morgan fingerprint density at radius 3 is 2.50 bits per heavy atom. The highest BCUT2D eigenvalue weighted by Gasteiger charge is 2.38. The summed E-state index contributed by atoms with van der Waals surface area (Å²) in [4.78, 5) is 19.5. The van der Waals surface area contributed by atoms with Gasteiger partial charge in [-0.1, -0.05) is 24.3 Å². The predicted octanol–water partition coefficient (Wildman–Crippen LogP) is 4.80. The number of hydrogen-bond donors (Lipinski definition) is 0. The normalized spacial score (nSPS) is 22.9. The Hall–Kier alpha value is -2.90. The van der Waals surface area contributed by atoms with Gasteiger partial charge in [-0.25, -0.2) is 4.52 Å². The Morgan fingerprint density at radius 2 is 1.82 bits per heavy atom. The van der Waals surface area contributed by atoms with E-state index in [1.165, 1.54) is 16.8 Å². The van der Waals surface area contributed by atoms with Gasteiger partial charge in [0.1, 0.15) is 5.60 Å². The largest absolute Gasteiger partial charge is 0.369 e. The Kier molecular flexibility index (Phi) is 6.91. The molecule has 3 aliphatic rings. The third-order valence-electron chi connectivity index (χ3n) is 8.72. The number of anilines is 1. The number of benzene rings is 1. The van der Waals surface area contributed by atoms with Crippen LogP contribution in [0.4, 0.5) is 5.69 Å². The van der Waals surface area contributed by atoms with Crippen molar-refractivity contribution in [3.05, 3.63) is 54.4 Å². The van der Waals surface area contributed by atoms with Crippen LogP contribution in [0.1, 0.15) is 52.0 Å². The van der Waals surface area contributed by atoms with Crippen LogP contribution >= 0.6 is 0 Å². The first-order valence-corrected chi connectivity index (χ1v) is 14.5. The first kappa shape index (κ1) is 25.4. The van der Waals surface area contributed by atoms with Crippen LogP contribution in [0.15, 0.2) is 48.8 Å². The summed E-state index contributed by atoms with van der Waals surface area (Å²) in [7, 11) is 0. The Balaban J connectivity index is 1.22. The highest BCUT2D eigenvalue weighted by Crippen LogP contribution is 2.38. The Morgan fingerprint density at radius 1 is 1.05 bits per heavy atom. The maximum atomic E-state index is 12.5. The highest BCUT2D eigenvalue weighted by molar-refractivity contribution is 5.82. The predicted molar refractivity (Wildman–Crippen MR) is 151 cm³/mol. The summed E-state index contributed by atoms with van der Waals surface area (Å²) in [5.41, 5.74) is 5.69. The molecule has 0 radical (unpaired) electrons. The lowest BCUT2D eigenvalue weighted by Crippen LogP contribution is -2.50. The van der Waals surface area contributed by atoms with Crippen LogP contribution in [0, 0.1) is 5.92 Å². The van der Waals surface area contributed by atoms with Crippen molar-refractivity contribution in [3.63, 3.8) is 0 Å². The summed E-state index contributed by atoms with van der Waals surface area (Å²) in [5, 5.41) is 4.61. The minimum Gasteiger partial charge on any atom is -0.369 e. The molecule has 7 heteroatoms. The summed E-state index contributed by atoms with van der Waals surface area (Å²) >= 11 is 0. The van der Waals surface area contributed by atoms with Gasteiger partial charge in [-0.2, -0.15) is 5.10 Å². The standard InChI is InChI=1S/C31H41N5O2/c1-4-38-31(13-5-15-35(22-31)23(2)3)27-10-8-24(9-11-27)26-20-29-28(12-14-32-36(29)21-26)33-16-18-34(19-17-33)30(37)25-6-7-25/h8-12,14,20-21,23,25H,4-7,13,15-19,22H2,1-3H3/t31-/m0/s1. The zero-order valence-electron chi connectivity index (χ0n) is 23.1. The molecule has 2 saturated heterocycles. The van der Waals surface area contributed by atoms with Crippen molar-refractivity contribution in [1.82, 2.24) is 19.4 Å². The van der Waals surface area contributed by atoms with Crippen LogP contribution in [0.2, 0.25) is 0 Å². The van der Waals surface area contributed by atoms with E-state index in [1.807, 2.05) is 10.7 Å². The molecular weight excluding hydrogens is 474 g/mol. The molecule has 7 nitrogen and oxygen atoms in total. The topological polar surface area (TPSA) is 53.3 Å². The van der Waals surface area contributed by atoms with Gasteiger partial charge in [0.25, 0.3) is 0 Å². The first-order chi connectivity index (χ1) is 18.5. The molecule has 1 aliphatic carbocycles. The summed E-state index contributed by atoms with van der Waals surface area (Å²) < 4.78 is 8.46. The monoisotopic (exact) mass is 515 g/mol. The van der Waals surface area contributed by atoms with E-state index >= 15 is 0 Å². The fourth-order valence-electron chi connectivity index (χ4n) is 6.36. The number of fused-ring (bicyclic) bond motifs is 1. The van der Waals surface area contributed by atoms with Crippen molar-refractivity contribution in [1.29, 1.82) is 0 Å². The second-order valence-electron chi connectivity index (χ2n) is 11.5. The number of carbonyl (C=O) groups is 1. The molecule has 3 aromatic rings. The third-order valence-corrected chi connectivity index (χ3v) is 8.72. The molecule has 0 bridgehead atoms. The summed E-state index contributed by atoms with van der Waals surface area (Å²) in [5.74, 6) is 0.652. The fraction of sp³-hybridized carbons (Fsp3) is 0.548. The average Bonchev–Trinajstić information content (AvgIpc) is 3.71. The van der Waals surface area contributed by atoms with Crippen molar-refractivity contribution in [3.8, 4) is 11.1 Å². The minimum absolute atomic E-state index is 0.237. The number of likely N-dealkylation sites (tertiary alicyclic amines) is 1. The van der Waals surface area contributed by atoms with Crippen LogP contribution < -0.4 is 4.90 Å². The second-order valence-corrected chi connectivity index (χ2v) is 11.5. The van der Waals surface area contributed by atoms with Crippen molar-refractivity contribution >= 4 is 17.1 Å². The van der Waals surface area contributed by atoms with E-state index in [0.717, 1.165) is 82.6 Å². The van der Waals surface area contributed by atoms with Crippen LogP contribution in [-0.4, -0.2) is 77.2 Å². The summed E-state index contributed by atoms with van der Waals surface area (Å²) in [6.45, 7) is 12.8. The van der Waals surface area contributed by atoms with Gasteiger partial charge < -0.3 is 14.5 Å². The van der Waals surface area contributed by atoms with Crippen molar-refractivity contribution < 1.29 is 9.53 Å². The van der Waals surface area contributed by atoms with E-state index in [2.05, 4.69) is 83.2 Å². The van der Waals surface area contributed by atoms with E-state index in [-0.39, 0.29) is 5.60 Å². The molecule has 1 atom stereocenters. The number of rotatable bonds is 7. The number of piperazine rings is 1. The van der Waals surface area contributed by atoms with Gasteiger partial charge >= 0.3 is 0 Å². The maximum Gasteiger partial charge on any atom is 0.225 e. The van der Waals surface area contributed by atoms with E-state index in [0.29, 0.717) is 17.9 Å². The van der Waals surface area contributed by atoms with Gasteiger partial charge in [-0.05, 0) is 76.3 Å². The summed E-state index contributed by atoms with van der Waals surface area (Å²) in [6, 6.07) is 13.9. The molecule has 1 aromatic carbocycles. The zero-order chi connectivity index (χ0) is 26.3. The number of hydrogen-bond acceptors (Lipinski definition) is 5. The van der Waals surface area contributed by atoms with Crippen LogP contribution in [-0.2, 0) is 15.1 Å². The molecule has 202 valence electrons. The third kappa shape index (κ3) is 4.82. The maximum absolute atomic E-state index is 12.5. The minimum atomic E-state index is -0.237. The molecule has 4 heterocycles. The van der Waals surface area contributed by atoms with E-state index in [9.17, 15) is 4.79 Å². The van der Waals surface area contributed by atoms with Gasteiger partial charge in [0.2, 0.25) is 5.91 Å². The van der Waals surface area contributed by atoms with Crippen molar-refractivity contribution in [2.45, 2.75) is 58.1 Å². The molecule has 6 rings (SSSR count). The van der Waals surface area contributed by atoms with E-state index in [1.54, 1.807) is 0 Å². The Bertz CT molecular complexity index is 1270. The van der Waals surface area contributed by atoms with E-state index in [4.69, 9.17) is 4.74 Å². The zero-order valence-corrected chi connectivity index (χ0v) is 23.1. The van der Waals surface area contributed by atoms with Gasteiger partial charge in [-0.15, -0.1) is 0 Å².